The smallest absolute Gasteiger partial charge is 0.203 e. The molecular weight excluding hydrogens is 174 g/mol. The van der Waals surface area contributed by atoms with Crippen LogP contribution < -0.4 is 4.90 Å². The minimum atomic E-state index is 0.774. The Balaban J connectivity index is 1.88. The normalized spacial score (nSPS) is 30.2. The van der Waals surface area contributed by atoms with Gasteiger partial charge in [-0.2, -0.15) is 0 Å². The molecule has 0 unspecified atom stereocenters. The van der Waals surface area contributed by atoms with Crippen LogP contribution in [0.2, 0.25) is 0 Å². The summed E-state index contributed by atoms with van der Waals surface area (Å²) in [5.74, 6) is 1.12. The van der Waals surface area contributed by atoms with Crippen LogP contribution >= 0.6 is 0 Å². The summed E-state index contributed by atoms with van der Waals surface area (Å²) in [6.45, 7) is 2.16. The number of aromatic amines is 1. The maximum Gasteiger partial charge on any atom is 0.203 e. The molecule has 2 aliphatic rings. The molecule has 2 fully saturated rings. The van der Waals surface area contributed by atoms with Gasteiger partial charge < -0.3 is 9.88 Å². The second-order valence-corrected chi connectivity index (χ2v) is 4.46. The Hall–Kier alpha value is -0.990. The number of hydrogen-bond donors (Lipinski definition) is 1. The number of anilines is 1. The van der Waals surface area contributed by atoms with E-state index in [-0.39, 0.29) is 0 Å². The topological polar surface area (TPSA) is 31.9 Å². The highest BCUT2D eigenvalue weighted by Gasteiger charge is 2.40. The molecular formula is C11H17N3. The van der Waals surface area contributed by atoms with Gasteiger partial charge in [0.05, 0.1) is 6.20 Å². The molecule has 1 N–H and O–H groups in total. The van der Waals surface area contributed by atoms with E-state index in [0.717, 1.165) is 24.5 Å². The summed E-state index contributed by atoms with van der Waals surface area (Å²) in [5.41, 5.74) is 1.26. The van der Waals surface area contributed by atoms with Crippen LogP contribution in [-0.2, 0) is 6.42 Å². The molecule has 0 spiro atoms. The van der Waals surface area contributed by atoms with Crippen molar-refractivity contribution in [1.29, 1.82) is 0 Å². The maximum atomic E-state index is 4.48. The molecule has 2 saturated heterocycles. The molecule has 1 aromatic heterocycles. The molecule has 3 nitrogen and oxygen atoms in total. The van der Waals surface area contributed by atoms with Crippen molar-refractivity contribution >= 4 is 5.95 Å². The van der Waals surface area contributed by atoms with Crippen LogP contribution in [0.3, 0.4) is 0 Å². The van der Waals surface area contributed by atoms with E-state index in [4.69, 9.17) is 0 Å². The summed E-state index contributed by atoms with van der Waals surface area (Å²) in [4.78, 5) is 10.4. The lowest BCUT2D eigenvalue weighted by atomic mass is 10.0. The summed E-state index contributed by atoms with van der Waals surface area (Å²) in [6, 6.07) is 1.55. The lowest BCUT2D eigenvalue weighted by molar-refractivity contribution is 0.576. The molecule has 3 rings (SSSR count). The third kappa shape index (κ3) is 1.08. The number of H-pyrrole nitrogens is 1. The van der Waals surface area contributed by atoms with Gasteiger partial charge in [0.2, 0.25) is 5.95 Å². The van der Waals surface area contributed by atoms with Crippen molar-refractivity contribution in [3.8, 4) is 0 Å². The summed E-state index contributed by atoms with van der Waals surface area (Å²) in [6.07, 6.45) is 8.50. The van der Waals surface area contributed by atoms with Gasteiger partial charge in [-0.05, 0) is 32.1 Å². The predicted octanol–water partition coefficient (Wildman–Crippen LogP) is 2.10. The minimum Gasteiger partial charge on any atom is -0.336 e. The van der Waals surface area contributed by atoms with E-state index in [9.17, 15) is 0 Å². The van der Waals surface area contributed by atoms with E-state index in [1.807, 2.05) is 6.20 Å². The van der Waals surface area contributed by atoms with Gasteiger partial charge in [-0.1, -0.05) is 6.92 Å². The largest absolute Gasteiger partial charge is 0.336 e. The summed E-state index contributed by atoms with van der Waals surface area (Å²) in [7, 11) is 0. The molecule has 14 heavy (non-hydrogen) atoms. The van der Waals surface area contributed by atoms with E-state index in [2.05, 4.69) is 21.8 Å². The molecule has 3 heterocycles. The molecule has 76 valence electrons. The van der Waals surface area contributed by atoms with Gasteiger partial charge in [-0.25, -0.2) is 4.98 Å². The van der Waals surface area contributed by atoms with Gasteiger partial charge in [-0.15, -0.1) is 0 Å². The quantitative estimate of drug-likeness (QED) is 0.776. The Morgan fingerprint density at radius 2 is 2.00 bits per heavy atom. The van der Waals surface area contributed by atoms with Crippen molar-refractivity contribution in [3.05, 3.63) is 11.9 Å². The average Bonchev–Trinajstić information content (AvgIpc) is 2.91. The first-order chi connectivity index (χ1) is 6.88. The summed E-state index contributed by atoms with van der Waals surface area (Å²) < 4.78 is 0. The third-order valence-electron chi connectivity index (χ3n) is 3.69. The van der Waals surface area contributed by atoms with Gasteiger partial charge in [0.25, 0.3) is 0 Å². The zero-order chi connectivity index (χ0) is 9.54. The molecule has 0 aliphatic carbocycles. The standard InChI is InChI=1S/C11H17N3/c1-2-8-7-12-11(13-8)14-9-3-4-10(14)6-5-9/h7,9-10H,2-6H2,1H3,(H,12,13). The molecule has 2 aliphatic heterocycles. The number of rotatable bonds is 2. The van der Waals surface area contributed by atoms with Crippen LogP contribution in [0.4, 0.5) is 5.95 Å². The lowest BCUT2D eigenvalue weighted by Crippen LogP contribution is -2.29. The first-order valence-corrected chi connectivity index (χ1v) is 5.70. The highest BCUT2D eigenvalue weighted by Crippen LogP contribution is 2.39. The Morgan fingerprint density at radius 3 is 2.50 bits per heavy atom. The van der Waals surface area contributed by atoms with Gasteiger partial charge in [0.15, 0.2) is 0 Å². The van der Waals surface area contributed by atoms with E-state index >= 15 is 0 Å². The van der Waals surface area contributed by atoms with Crippen molar-refractivity contribution in [1.82, 2.24) is 9.97 Å². The van der Waals surface area contributed by atoms with E-state index in [0.29, 0.717) is 0 Å². The van der Waals surface area contributed by atoms with Gasteiger partial charge in [0.1, 0.15) is 0 Å². The summed E-state index contributed by atoms with van der Waals surface area (Å²) in [5, 5.41) is 0. The van der Waals surface area contributed by atoms with E-state index in [1.54, 1.807) is 0 Å². The number of aromatic nitrogens is 2. The van der Waals surface area contributed by atoms with E-state index in [1.165, 1.54) is 31.4 Å². The number of aryl methyl sites for hydroxylation is 1. The molecule has 0 amide bonds. The molecule has 0 saturated carbocycles. The van der Waals surface area contributed by atoms with Gasteiger partial charge in [0, 0.05) is 17.8 Å². The highest BCUT2D eigenvalue weighted by molar-refractivity contribution is 5.39. The van der Waals surface area contributed by atoms with E-state index < -0.39 is 0 Å². The first kappa shape index (κ1) is 8.33. The fourth-order valence-electron chi connectivity index (χ4n) is 2.92. The number of nitrogens with one attached hydrogen (secondary N) is 1. The Kier molecular flexibility index (Phi) is 1.79. The minimum absolute atomic E-state index is 0.774. The first-order valence-electron chi connectivity index (χ1n) is 5.70. The zero-order valence-electron chi connectivity index (χ0n) is 8.66. The number of nitrogens with zero attached hydrogens (tertiary/aromatic N) is 2. The zero-order valence-corrected chi connectivity index (χ0v) is 8.66. The third-order valence-corrected chi connectivity index (χ3v) is 3.69. The number of hydrogen-bond acceptors (Lipinski definition) is 2. The fourth-order valence-corrected chi connectivity index (χ4v) is 2.92. The van der Waals surface area contributed by atoms with Crippen molar-refractivity contribution < 1.29 is 0 Å². The fraction of sp³-hybridized carbons (Fsp3) is 0.727. The second-order valence-electron chi connectivity index (χ2n) is 4.46. The molecule has 2 bridgehead atoms. The molecule has 0 aromatic carbocycles. The SMILES string of the molecule is CCc1cnc(N2C3CCC2CC3)[nH]1. The molecule has 1 aromatic rings. The van der Waals surface area contributed by atoms with Crippen LogP contribution in [0, 0.1) is 0 Å². The van der Waals surface area contributed by atoms with Crippen molar-refractivity contribution in [2.24, 2.45) is 0 Å². The van der Waals surface area contributed by atoms with Gasteiger partial charge >= 0.3 is 0 Å². The Morgan fingerprint density at radius 1 is 1.36 bits per heavy atom. The molecule has 0 radical (unpaired) electrons. The second kappa shape index (κ2) is 3.01. The summed E-state index contributed by atoms with van der Waals surface area (Å²) >= 11 is 0. The maximum absolute atomic E-state index is 4.48. The van der Waals surface area contributed by atoms with Crippen molar-refractivity contribution in [3.63, 3.8) is 0 Å². The lowest BCUT2D eigenvalue weighted by Gasteiger charge is -2.20. The van der Waals surface area contributed by atoms with Crippen LogP contribution in [0.1, 0.15) is 38.3 Å². The Labute approximate surface area is 84.5 Å². The Bertz CT molecular complexity index is 311. The van der Waals surface area contributed by atoms with Crippen molar-refractivity contribution in [2.45, 2.75) is 51.1 Å². The van der Waals surface area contributed by atoms with Crippen LogP contribution in [-0.4, -0.2) is 22.1 Å². The molecule has 0 atom stereocenters. The average molecular weight is 191 g/mol. The van der Waals surface area contributed by atoms with Crippen LogP contribution in [0.25, 0.3) is 0 Å². The molecule has 3 heteroatoms. The van der Waals surface area contributed by atoms with Crippen LogP contribution in [0.15, 0.2) is 6.20 Å². The van der Waals surface area contributed by atoms with Crippen molar-refractivity contribution in [2.75, 3.05) is 4.90 Å². The predicted molar refractivity (Wildman–Crippen MR) is 56.5 cm³/mol. The van der Waals surface area contributed by atoms with Gasteiger partial charge in [-0.3, -0.25) is 0 Å². The number of imidazole rings is 1. The number of fused-ring (bicyclic) bond motifs is 2. The monoisotopic (exact) mass is 191 g/mol. The highest BCUT2D eigenvalue weighted by atomic mass is 15.3. The van der Waals surface area contributed by atoms with Crippen LogP contribution in [0.5, 0.6) is 0 Å².